The van der Waals surface area contributed by atoms with Crippen LogP contribution in [0.5, 0.6) is 0 Å². The number of carbonyl (C=O) groups is 1. The highest BCUT2D eigenvalue weighted by molar-refractivity contribution is 7.99. The summed E-state index contributed by atoms with van der Waals surface area (Å²) in [6.07, 6.45) is 0. The fourth-order valence-electron chi connectivity index (χ4n) is 3.26. The number of benzene rings is 3. The fourth-order valence-corrected chi connectivity index (χ4v) is 4.18. The van der Waals surface area contributed by atoms with Crippen molar-refractivity contribution in [2.45, 2.75) is 30.2 Å². The van der Waals surface area contributed by atoms with E-state index in [1.165, 1.54) is 15.7 Å². The van der Waals surface area contributed by atoms with Crippen molar-refractivity contribution in [3.63, 3.8) is 0 Å². The first kappa shape index (κ1) is 20.7. The lowest BCUT2D eigenvalue weighted by atomic mass is 10.1. The van der Waals surface area contributed by atoms with Crippen molar-refractivity contribution in [1.82, 2.24) is 9.55 Å². The monoisotopic (exact) mass is 431 g/mol. The first-order chi connectivity index (χ1) is 14.9. The summed E-state index contributed by atoms with van der Waals surface area (Å²) in [4.78, 5) is 41.2. The van der Waals surface area contributed by atoms with Crippen LogP contribution in [0.4, 0.5) is 5.69 Å². The lowest BCUT2D eigenvalue weighted by molar-refractivity contribution is -0.116. The maximum atomic E-state index is 12.5. The van der Waals surface area contributed by atoms with Crippen LogP contribution in [0.3, 0.4) is 0 Å². The second-order valence-electron chi connectivity index (χ2n) is 7.28. The predicted molar refractivity (Wildman–Crippen MR) is 124 cm³/mol. The number of fused-ring (bicyclic) bond motifs is 1. The second kappa shape index (κ2) is 8.65. The summed E-state index contributed by atoms with van der Waals surface area (Å²) < 4.78 is 1.26. The summed E-state index contributed by atoms with van der Waals surface area (Å²) in [6, 6.07) is 20.6. The largest absolute Gasteiger partial charge is 0.329 e. The summed E-state index contributed by atoms with van der Waals surface area (Å²) in [5.74, 6) is -0.353. The van der Waals surface area contributed by atoms with Crippen molar-refractivity contribution in [2.75, 3.05) is 5.32 Å². The molecule has 0 radical (unpaired) electrons. The quantitative estimate of drug-likeness (QED) is 0.498. The molecule has 1 aromatic heterocycles. The van der Waals surface area contributed by atoms with Gasteiger partial charge in [-0.1, -0.05) is 30.0 Å². The summed E-state index contributed by atoms with van der Waals surface area (Å²) in [7, 11) is 0. The van der Waals surface area contributed by atoms with E-state index in [0.29, 0.717) is 16.6 Å². The number of nitrogens with zero attached hydrogens (tertiary/aromatic N) is 1. The molecule has 7 heteroatoms. The highest BCUT2D eigenvalue weighted by Gasteiger charge is 2.11. The Bertz CT molecular complexity index is 1390. The molecule has 4 rings (SSSR count). The fraction of sp³-hybridized carbons (Fsp3) is 0.125. The zero-order chi connectivity index (χ0) is 22.0. The Morgan fingerprint density at radius 3 is 2.39 bits per heavy atom. The number of hydrogen-bond acceptors (Lipinski definition) is 4. The van der Waals surface area contributed by atoms with Gasteiger partial charge in [-0.05, 0) is 73.5 Å². The molecule has 0 fully saturated rings. The zero-order valence-electron chi connectivity index (χ0n) is 17.1. The van der Waals surface area contributed by atoms with Crippen LogP contribution >= 0.6 is 11.8 Å². The van der Waals surface area contributed by atoms with Crippen LogP contribution in [-0.4, -0.2) is 15.5 Å². The predicted octanol–water partition coefficient (Wildman–Crippen LogP) is 4.10. The lowest BCUT2D eigenvalue weighted by Gasteiger charge is -2.10. The summed E-state index contributed by atoms with van der Waals surface area (Å²) in [6.45, 7) is 3.98. The molecule has 0 atom stereocenters. The average molecular weight is 432 g/mol. The van der Waals surface area contributed by atoms with Crippen LogP contribution in [0, 0.1) is 13.8 Å². The van der Waals surface area contributed by atoms with E-state index in [1.807, 2.05) is 24.3 Å². The van der Waals surface area contributed by atoms with Crippen LogP contribution in [-0.2, 0) is 11.3 Å². The Morgan fingerprint density at radius 1 is 0.935 bits per heavy atom. The van der Waals surface area contributed by atoms with Crippen molar-refractivity contribution in [3.05, 3.63) is 98.7 Å². The van der Waals surface area contributed by atoms with Crippen molar-refractivity contribution in [2.24, 2.45) is 0 Å². The first-order valence-corrected chi connectivity index (χ1v) is 10.6. The molecule has 2 N–H and O–H groups in total. The van der Waals surface area contributed by atoms with Gasteiger partial charge in [-0.3, -0.25) is 19.1 Å². The third kappa shape index (κ3) is 4.62. The van der Waals surface area contributed by atoms with E-state index in [4.69, 9.17) is 0 Å². The van der Waals surface area contributed by atoms with Gasteiger partial charge in [-0.25, -0.2) is 4.79 Å². The van der Waals surface area contributed by atoms with Crippen LogP contribution in [0.1, 0.15) is 11.1 Å². The topological polar surface area (TPSA) is 84.0 Å². The van der Waals surface area contributed by atoms with Gasteiger partial charge >= 0.3 is 5.69 Å². The number of aromatic amines is 1. The molecule has 0 aliphatic heterocycles. The van der Waals surface area contributed by atoms with Crippen molar-refractivity contribution < 1.29 is 4.79 Å². The number of hydrogen-bond donors (Lipinski definition) is 2. The van der Waals surface area contributed by atoms with E-state index >= 15 is 0 Å². The first-order valence-electron chi connectivity index (χ1n) is 9.77. The van der Waals surface area contributed by atoms with E-state index in [2.05, 4.69) is 42.3 Å². The molecule has 0 aliphatic rings. The smallest absolute Gasteiger partial charge is 0.325 e. The molecular formula is C24H21N3O3S. The van der Waals surface area contributed by atoms with Crippen LogP contribution in [0.2, 0.25) is 0 Å². The molecule has 0 aliphatic carbocycles. The number of aryl methyl sites for hydroxylation is 2. The number of nitrogens with one attached hydrogen (secondary N) is 2. The SMILES string of the molecule is Cc1ccc(Sc2ccc(NC(=O)Cn3c(=O)[nH]c(=O)c4ccccc43)cc2)cc1C. The molecule has 156 valence electrons. The molecule has 1 heterocycles. The molecule has 3 aromatic carbocycles. The minimum absolute atomic E-state index is 0.199. The third-order valence-corrected chi connectivity index (χ3v) is 6.06. The molecule has 31 heavy (non-hydrogen) atoms. The Morgan fingerprint density at radius 2 is 1.65 bits per heavy atom. The summed E-state index contributed by atoms with van der Waals surface area (Å²) in [5, 5.41) is 3.17. The van der Waals surface area contributed by atoms with E-state index < -0.39 is 11.2 Å². The van der Waals surface area contributed by atoms with Gasteiger partial charge in [0.15, 0.2) is 0 Å². The van der Waals surface area contributed by atoms with Crippen molar-refractivity contribution in [3.8, 4) is 0 Å². The van der Waals surface area contributed by atoms with Gasteiger partial charge in [0.05, 0.1) is 10.9 Å². The number of H-pyrrole nitrogens is 1. The highest BCUT2D eigenvalue weighted by Crippen LogP contribution is 2.29. The standard InChI is InChI=1S/C24H21N3O3S/c1-15-7-10-19(13-16(15)2)31-18-11-8-17(9-12-18)25-22(28)14-27-21-6-4-3-5-20(21)23(29)26-24(27)30/h3-13H,14H2,1-2H3,(H,25,28)(H,26,29,30). The number of amides is 1. The van der Waals surface area contributed by atoms with Crippen LogP contribution in [0.25, 0.3) is 10.9 Å². The maximum absolute atomic E-state index is 12.5. The number of anilines is 1. The van der Waals surface area contributed by atoms with Crippen LogP contribution < -0.4 is 16.6 Å². The van der Waals surface area contributed by atoms with E-state index in [9.17, 15) is 14.4 Å². The number of para-hydroxylation sites is 1. The van der Waals surface area contributed by atoms with Gasteiger partial charge < -0.3 is 5.32 Å². The van der Waals surface area contributed by atoms with E-state index in [0.717, 1.165) is 9.79 Å². The van der Waals surface area contributed by atoms with Gasteiger partial charge in [-0.15, -0.1) is 0 Å². The van der Waals surface area contributed by atoms with Gasteiger partial charge in [0.2, 0.25) is 5.91 Å². The molecule has 0 saturated heterocycles. The van der Waals surface area contributed by atoms with Crippen molar-refractivity contribution in [1.29, 1.82) is 0 Å². The molecule has 0 bridgehead atoms. The molecule has 4 aromatic rings. The number of rotatable bonds is 5. The van der Waals surface area contributed by atoms with E-state index in [-0.39, 0.29) is 12.5 Å². The number of carbonyl (C=O) groups excluding carboxylic acids is 1. The Hall–Kier alpha value is -3.58. The van der Waals surface area contributed by atoms with Crippen molar-refractivity contribution >= 4 is 34.3 Å². The maximum Gasteiger partial charge on any atom is 0.329 e. The Labute approximate surface area is 182 Å². The second-order valence-corrected chi connectivity index (χ2v) is 8.43. The minimum atomic E-state index is -0.612. The van der Waals surface area contributed by atoms with Gasteiger partial charge in [0.1, 0.15) is 6.54 Å². The Kier molecular flexibility index (Phi) is 5.77. The van der Waals surface area contributed by atoms with E-state index in [1.54, 1.807) is 36.0 Å². The normalized spacial score (nSPS) is 10.9. The van der Waals surface area contributed by atoms with Gasteiger partial charge in [0, 0.05) is 15.5 Å². The molecule has 0 saturated carbocycles. The molecule has 0 unspecified atom stereocenters. The van der Waals surface area contributed by atoms with Gasteiger partial charge in [-0.2, -0.15) is 0 Å². The highest BCUT2D eigenvalue weighted by atomic mass is 32.2. The lowest BCUT2D eigenvalue weighted by Crippen LogP contribution is -2.33. The summed E-state index contributed by atoms with van der Waals surface area (Å²) >= 11 is 1.65. The number of aromatic nitrogens is 2. The van der Waals surface area contributed by atoms with Crippen LogP contribution in [0.15, 0.2) is 86.1 Å². The minimum Gasteiger partial charge on any atom is -0.325 e. The van der Waals surface area contributed by atoms with Gasteiger partial charge in [0.25, 0.3) is 5.56 Å². The Balaban J connectivity index is 1.47. The molecule has 1 amide bonds. The molecule has 6 nitrogen and oxygen atoms in total. The zero-order valence-corrected chi connectivity index (χ0v) is 18.0. The molecule has 0 spiro atoms. The third-order valence-electron chi connectivity index (χ3n) is 5.06. The summed E-state index contributed by atoms with van der Waals surface area (Å²) in [5.41, 5.74) is 2.49. The average Bonchev–Trinajstić information content (AvgIpc) is 2.75. The molecular weight excluding hydrogens is 410 g/mol.